The molecule has 1 aliphatic rings. The molecule has 1 fully saturated rings. The summed E-state index contributed by atoms with van der Waals surface area (Å²) in [4.78, 5) is 6.60. The summed E-state index contributed by atoms with van der Waals surface area (Å²) in [5, 5.41) is 7.00. The standard InChI is InChI=1S/C19H32N4.HI/c1-18(2,15-23(4)5)13-21-17(20-3)22-14-19(11-12-19)16-9-7-6-8-10-16;/h6-10H,11-15H2,1-5H3,(H2,20,21,22);1H. The second-order valence-electron chi connectivity index (χ2n) is 7.83. The van der Waals surface area contributed by atoms with Crippen LogP contribution in [-0.4, -0.2) is 51.6 Å². The van der Waals surface area contributed by atoms with Gasteiger partial charge in [-0.25, -0.2) is 0 Å². The molecule has 24 heavy (non-hydrogen) atoms. The zero-order valence-electron chi connectivity index (χ0n) is 15.7. The molecule has 0 heterocycles. The predicted molar refractivity (Wildman–Crippen MR) is 114 cm³/mol. The lowest BCUT2D eigenvalue weighted by Crippen LogP contribution is -2.46. The van der Waals surface area contributed by atoms with E-state index in [2.05, 4.69) is 78.8 Å². The van der Waals surface area contributed by atoms with Gasteiger partial charge in [0.2, 0.25) is 0 Å². The second kappa shape index (κ2) is 9.04. The monoisotopic (exact) mass is 444 g/mol. The number of hydrogen-bond donors (Lipinski definition) is 2. The van der Waals surface area contributed by atoms with Gasteiger partial charge in [-0.2, -0.15) is 0 Å². The van der Waals surface area contributed by atoms with Crippen molar-refractivity contribution in [3.8, 4) is 0 Å². The van der Waals surface area contributed by atoms with Crippen molar-refractivity contribution in [3.05, 3.63) is 35.9 Å². The number of guanidine groups is 1. The van der Waals surface area contributed by atoms with Crippen LogP contribution in [0.4, 0.5) is 0 Å². The first kappa shape index (κ1) is 21.2. The van der Waals surface area contributed by atoms with Crippen molar-refractivity contribution in [2.75, 3.05) is 40.8 Å². The van der Waals surface area contributed by atoms with Gasteiger partial charge in [0.05, 0.1) is 0 Å². The number of nitrogens with zero attached hydrogens (tertiary/aromatic N) is 2. The third-order valence-electron chi connectivity index (χ3n) is 4.54. The largest absolute Gasteiger partial charge is 0.356 e. The molecule has 0 bridgehead atoms. The van der Waals surface area contributed by atoms with Crippen LogP contribution in [0.3, 0.4) is 0 Å². The Hall–Kier alpha value is -0.820. The van der Waals surface area contributed by atoms with Crippen LogP contribution >= 0.6 is 24.0 Å². The molecule has 2 N–H and O–H groups in total. The molecule has 0 atom stereocenters. The minimum atomic E-state index is 0. The number of halogens is 1. The van der Waals surface area contributed by atoms with Crippen molar-refractivity contribution in [1.82, 2.24) is 15.5 Å². The molecule has 136 valence electrons. The van der Waals surface area contributed by atoms with Gasteiger partial charge in [0.15, 0.2) is 5.96 Å². The van der Waals surface area contributed by atoms with Crippen molar-refractivity contribution in [2.45, 2.75) is 32.1 Å². The quantitative estimate of drug-likeness (QED) is 0.386. The Morgan fingerprint density at radius 2 is 1.79 bits per heavy atom. The smallest absolute Gasteiger partial charge is 0.191 e. The van der Waals surface area contributed by atoms with E-state index in [-0.39, 0.29) is 29.4 Å². The molecule has 4 nitrogen and oxygen atoms in total. The highest BCUT2D eigenvalue weighted by atomic mass is 127. The Kier molecular flexibility index (Phi) is 7.99. The van der Waals surface area contributed by atoms with Gasteiger partial charge in [-0.05, 0) is 37.9 Å². The Bertz CT molecular complexity index is 521. The maximum Gasteiger partial charge on any atom is 0.191 e. The highest BCUT2D eigenvalue weighted by molar-refractivity contribution is 14.0. The number of nitrogens with one attached hydrogen (secondary N) is 2. The number of benzene rings is 1. The van der Waals surface area contributed by atoms with Crippen LogP contribution in [0.15, 0.2) is 35.3 Å². The number of hydrogen-bond acceptors (Lipinski definition) is 2. The van der Waals surface area contributed by atoms with Crippen molar-refractivity contribution in [1.29, 1.82) is 0 Å². The van der Waals surface area contributed by atoms with Crippen LogP contribution in [0.25, 0.3) is 0 Å². The lowest BCUT2D eigenvalue weighted by Gasteiger charge is -2.29. The van der Waals surface area contributed by atoms with Crippen LogP contribution < -0.4 is 10.6 Å². The topological polar surface area (TPSA) is 39.7 Å². The van der Waals surface area contributed by atoms with E-state index in [0.29, 0.717) is 5.41 Å². The van der Waals surface area contributed by atoms with Crippen molar-refractivity contribution in [2.24, 2.45) is 10.4 Å². The minimum Gasteiger partial charge on any atom is -0.356 e. The lowest BCUT2D eigenvalue weighted by atomic mass is 9.93. The fraction of sp³-hybridized carbons (Fsp3) is 0.632. The zero-order chi connectivity index (χ0) is 16.9. The van der Waals surface area contributed by atoms with Gasteiger partial charge in [-0.1, -0.05) is 44.2 Å². The summed E-state index contributed by atoms with van der Waals surface area (Å²) in [6.45, 7) is 7.46. The Morgan fingerprint density at radius 3 is 2.29 bits per heavy atom. The van der Waals surface area contributed by atoms with Gasteiger partial charge in [0.25, 0.3) is 0 Å². The summed E-state index contributed by atoms with van der Waals surface area (Å²) >= 11 is 0. The third kappa shape index (κ3) is 6.24. The van der Waals surface area contributed by atoms with Crippen molar-refractivity contribution in [3.63, 3.8) is 0 Å². The SMILES string of the molecule is CN=C(NCC(C)(C)CN(C)C)NCC1(c2ccccc2)CC1.I. The van der Waals surface area contributed by atoms with Crippen molar-refractivity contribution >= 4 is 29.9 Å². The summed E-state index contributed by atoms with van der Waals surface area (Å²) in [5.74, 6) is 0.902. The number of aliphatic imine (C=N–C) groups is 1. The summed E-state index contributed by atoms with van der Waals surface area (Å²) in [5.41, 5.74) is 1.95. The summed E-state index contributed by atoms with van der Waals surface area (Å²) < 4.78 is 0. The molecule has 1 aromatic carbocycles. The van der Waals surface area contributed by atoms with Gasteiger partial charge in [-0.15, -0.1) is 24.0 Å². The van der Waals surface area contributed by atoms with Crippen LogP contribution in [0.1, 0.15) is 32.3 Å². The second-order valence-corrected chi connectivity index (χ2v) is 7.83. The van der Waals surface area contributed by atoms with Crippen LogP contribution in [0, 0.1) is 5.41 Å². The Balaban J connectivity index is 0.00000288. The minimum absolute atomic E-state index is 0. The zero-order valence-corrected chi connectivity index (χ0v) is 18.1. The molecular formula is C19H33IN4. The van der Waals surface area contributed by atoms with E-state index in [1.54, 1.807) is 0 Å². The molecule has 0 saturated heterocycles. The van der Waals surface area contributed by atoms with E-state index in [4.69, 9.17) is 0 Å². The lowest BCUT2D eigenvalue weighted by molar-refractivity contribution is 0.241. The maximum absolute atomic E-state index is 4.38. The predicted octanol–water partition coefficient (Wildman–Crippen LogP) is 3.09. The number of rotatable bonds is 7. The van der Waals surface area contributed by atoms with Gasteiger partial charge in [0.1, 0.15) is 0 Å². The maximum atomic E-state index is 4.38. The molecule has 5 heteroatoms. The van der Waals surface area contributed by atoms with E-state index in [1.807, 2.05) is 7.05 Å². The molecule has 1 aromatic rings. The summed E-state index contributed by atoms with van der Waals surface area (Å²) in [6.07, 6.45) is 2.51. The Labute approximate surface area is 164 Å². The van der Waals surface area contributed by atoms with Crippen molar-refractivity contribution < 1.29 is 0 Å². The summed E-state index contributed by atoms with van der Waals surface area (Å²) in [7, 11) is 6.08. The first-order chi connectivity index (χ1) is 10.9. The highest BCUT2D eigenvalue weighted by Crippen LogP contribution is 2.47. The molecule has 0 radical (unpaired) electrons. The molecule has 1 aliphatic carbocycles. The van der Waals surface area contributed by atoms with E-state index < -0.39 is 0 Å². The van der Waals surface area contributed by atoms with Crippen LogP contribution in [0.5, 0.6) is 0 Å². The molecule has 2 rings (SSSR count). The van der Waals surface area contributed by atoms with E-state index in [0.717, 1.165) is 25.6 Å². The molecule has 0 aliphatic heterocycles. The average molecular weight is 444 g/mol. The Morgan fingerprint density at radius 1 is 1.17 bits per heavy atom. The van der Waals surface area contributed by atoms with E-state index in [9.17, 15) is 0 Å². The van der Waals surface area contributed by atoms with Crippen LogP contribution in [0.2, 0.25) is 0 Å². The fourth-order valence-electron chi connectivity index (χ4n) is 3.22. The van der Waals surface area contributed by atoms with E-state index >= 15 is 0 Å². The van der Waals surface area contributed by atoms with E-state index in [1.165, 1.54) is 18.4 Å². The van der Waals surface area contributed by atoms with Gasteiger partial charge in [-0.3, -0.25) is 4.99 Å². The summed E-state index contributed by atoms with van der Waals surface area (Å²) in [6, 6.07) is 10.8. The van der Waals surface area contributed by atoms with Gasteiger partial charge in [0, 0.05) is 32.1 Å². The van der Waals surface area contributed by atoms with Gasteiger partial charge >= 0.3 is 0 Å². The molecule has 1 saturated carbocycles. The first-order valence-electron chi connectivity index (χ1n) is 8.52. The molecule has 0 unspecified atom stereocenters. The first-order valence-corrected chi connectivity index (χ1v) is 8.52. The molecule has 0 amide bonds. The molecular weight excluding hydrogens is 411 g/mol. The molecule has 0 aromatic heterocycles. The molecule has 0 spiro atoms. The van der Waals surface area contributed by atoms with Gasteiger partial charge < -0.3 is 15.5 Å². The normalized spacial score (nSPS) is 16.5. The highest BCUT2D eigenvalue weighted by Gasteiger charge is 2.44. The van der Waals surface area contributed by atoms with Crippen LogP contribution in [-0.2, 0) is 5.41 Å². The average Bonchev–Trinajstić information content (AvgIpc) is 3.28. The fourth-order valence-corrected chi connectivity index (χ4v) is 3.22. The third-order valence-corrected chi connectivity index (χ3v) is 4.54.